The van der Waals surface area contributed by atoms with E-state index in [0.29, 0.717) is 0 Å². The number of primary amides is 1. The molecule has 1 aromatic carbocycles. The lowest BCUT2D eigenvalue weighted by Crippen LogP contribution is -2.40. The van der Waals surface area contributed by atoms with E-state index in [4.69, 9.17) is 5.73 Å². The molecule has 0 radical (unpaired) electrons. The molecule has 0 fully saturated rings. The van der Waals surface area contributed by atoms with Crippen molar-refractivity contribution in [3.63, 3.8) is 0 Å². The minimum absolute atomic E-state index is 0.0278. The molecule has 0 unspecified atom stereocenters. The fourth-order valence-corrected chi connectivity index (χ4v) is 3.30. The zero-order chi connectivity index (χ0) is 14.6. The van der Waals surface area contributed by atoms with Gasteiger partial charge < -0.3 is 10.8 Å². The second kappa shape index (κ2) is 6.03. The van der Waals surface area contributed by atoms with E-state index in [2.05, 4.69) is 0 Å². The number of phenols is 1. The maximum Gasteiger partial charge on any atom is 0.247 e. The Hall–Kier alpha value is -1.60. The smallest absolute Gasteiger partial charge is 0.247 e. The van der Waals surface area contributed by atoms with Gasteiger partial charge in [0.25, 0.3) is 0 Å². The fraction of sp³-hybridized carbons (Fsp3) is 0.417. The average molecular weight is 286 g/mol. The molecular weight excluding hydrogens is 268 g/mol. The summed E-state index contributed by atoms with van der Waals surface area (Å²) < 4.78 is 25.7. The molecule has 0 aliphatic heterocycles. The number of rotatable bonds is 6. The molecule has 0 aliphatic rings. The van der Waals surface area contributed by atoms with Crippen molar-refractivity contribution in [2.75, 3.05) is 13.1 Å². The Morgan fingerprint density at radius 3 is 2.42 bits per heavy atom. The Morgan fingerprint density at radius 1 is 1.37 bits per heavy atom. The zero-order valence-corrected chi connectivity index (χ0v) is 11.7. The number of amides is 1. The molecule has 7 heteroatoms. The lowest BCUT2D eigenvalue weighted by molar-refractivity contribution is -0.118. The van der Waals surface area contributed by atoms with E-state index in [9.17, 15) is 18.3 Å². The van der Waals surface area contributed by atoms with Gasteiger partial charge in [0.15, 0.2) is 0 Å². The van der Waals surface area contributed by atoms with Crippen molar-refractivity contribution in [2.24, 2.45) is 11.7 Å². The summed E-state index contributed by atoms with van der Waals surface area (Å²) in [6, 6.07) is 5.60. The third kappa shape index (κ3) is 3.93. The van der Waals surface area contributed by atoms with Gasteiger partial charge in [0.1, 0.15) is 10.6 Å². The van der Waals surface area contributed by atoms with Gasteiger partial charge in [-0.25, -0.2) is 8.42 Å². The van der Waals surface area contributed by atoms with E-state index in [1.54, 1.807) is 0 Å². The highest BCUT2D eigenvalue weighted by Gasteiger charge is 2.28. The second-order valence-corrected chi connectivity index (χ2v) is 6.53. The topological polar surface area (TPSA) is 101 Å². The number of para-hydroxylation sites is 1. The summed E-state index contributed by atoms with van der Waals surface area (Å²) >= 11 is 0. The quantitative estimate of drug-likeness (QED) is 0.796. The van der Waals surface area contributed by atoms with Gasteiger partial charge in [-0.2, -0.15) is 4.31 Å². The molecule has 1 amide bonds. The number of aromatic hydroxyl groups is 1. The van der Waals surface area contributed by atoms with Crippen molar-refractivity contribution in [3.8, 4) is 5.75 Å². The minimum atomic E-state index is -3.94. The lowest BCUT2D eigenvalue weighted by atomic mass is 10.2. The molecule has 0 atom stereocenters. The van der Waals surface area contributed by atoms with E-state index in [-0.39, 0.29) is 23.1 Å². The number of nitrogens with zero attached hydrogens (tertiary/aromatic N) is 1. The first-order valence-electron chi connectivity index (χ1n) is 5.81. The van der Waals surface area contributed by atoms with E-state index >= 15 is 0 Å². The van der Waals surface area contributed by atoms with Crippen LogP contribution in [-0.4, -0.2) is 36.8 Å². The van der Waals surface area contributed by atoms with Crippen LogP contribution in [0, 0.1) is 5.92 Å². The molecule has 0 saturated carbocycles. The fourth-order valence-electron chi connectivity index (χ4n) is 1.64. The van der Waals surface area contributed by atoms with Crippen LogP contribution in [0.5, 0.6) is 5.75 Å². The van der Waals surface area contributed by atoms with Gasteiger partial charge in [-0.05, 0) is 18.1 Å². The van der Waals surface area contributed by atoms with Crippen LogP contribution in [0.4, 0.5) is 0 Å². The molecule has 19 heavy (non-hydrogen) atoms. The molecule has 6 nitrogen and oxygen atoms in total. The Bertz CT molecular complexity index is 555. The van der Waals surface area contributed by atoms with Crippen LogP contribution in [0.1, 0.15) is 13.8 Å². The van der Waals surface area contributed by atoms with Crippen LogP contribution < -0.4 is 5.73 Å². The Morgan fingerprint density at radius 2 is 1.95 bits per heavy atom. The first kappa shape index (κ1) is 15.5. The summed E-state index contributed by atoms with van der Waals surface area (Å²) in [5.74, 6) is -1.06. The summed E-state index contributed by atoms with van der Waals surface area (Å²) in [6.07, 6.45) is 0. The number of hydrogen-bond donors (Lipinski definition) is 2. The highest BCUT2D eigenvalue weighted by atomic mass is 32.2. The van der Waals surface area contributed by atoms with Gasteiger partial charge in [0, 0.05) is 6.54 Å². The molecule has 0 aromatic heterocycles. The largest absolute Gasteiger partial charge is 0.507 e. The van der Waals surface area contributed by atoms with E-state index in [1.807, 2.05) is 13.8 Å². The number of sulfonamides is 1. The standard InChI is InChI=1S/C12H18N2O4S/c1-9(2)7-14(8-12(13)16)19(17,18)11-6-4-3-5-10(11)15/h3-6,9,15H,7-8H2,1-2H3,(H2,13,16). The molecule has 0 saturated heterocycles. The van der Waals surface area contributed by atoms with Crippen LogP contribution in [0.25, 0.3) is 0 Å². The molecule has 3 N–H and O–H groups in total. The van der Waals surface area contributed by atoms with Crippen molar-refractivity contribution in [3.05, 3.63) is 24.3 Å². The van der Waals surface area contributed by atoms with E-state index in [0.717, 1.165) is 4.31 Å². The number of phenolic OH excluding ortho intramolecular Hbond substituents is 1. The van der Waals surface area contributed by atoms with Gasteiger partial charge in [-0.3, -0.25) is 4.79 Å². The SMILES string of the molecule is CC(C)CN(CC(N)=O)S(=O)(=O)c1ccccc1O. The highest BCUT2D eigenvalue weighted by molar-refractivity contribution is 7.89. The first-order chi connectivity index (χ1) is 8.75. The molecule has 0 aliphatic carbocycles. The average Bonchev–Trinajstić information content (AvgIpc) is 2.27. The van der Waals surface area contributed by atoms with Crippen molar-refractivity contribution in [1.29, 1.82) is 0 Å². The van der Waals surface area contributed by atoms with Crippen LogP contribution in [0.15, 0.2) is 29.2 Å². The maximum atomic E-state index is 12.4. The maximum absolute atomic E-state index is 12.4. The summed E-state index contributed by atoms with van der Waals surface area (Å²) in [5.41, 5.74) is 5.07. The summed E-state index contributed by atoms with van der Waals surface area (Å²) in [7, 11) is -3.94. The number of nitrogens with two attached hydrogens (primary N) is 1. The summed E-state index contributed by atoms with van der Waals surface area (Å²) in [4.78, 5) is 10.8. The van der Waals surface area contributed by atoms with Gasteiger partial charge in [0.05, 0.1) is 6.54 Å². The lowest BCUT2D eigenvalue weighted by Gasteiger charge is -2.22. The number of carbonyl (C=O) groups is 1. The van der Waals surface area contributed by atoms with Gasteiger partial charge >= 0.3 is 0 Å². The summed E-state index contributed by atoms with van der Waals surface area (Å²) in [6.45, 7) is 3.40. The first-order valence-corrected chi connectivity index (χ1v) is 7.25. The van der Waals surface area contributed by atoms with Gasteiger partial charge in [0.2, 0.25) is 15.9 Å². The molecular formula is C12H18N2O4S. The van der Waals surface area contributed by atoms with Crippen molar-refractivity contribution < 1.29 is 18.3 Å². The monoisotopic (exact) mass is 286 g/mol. The van der Waals surface area contributed by atoms with Gasteiger partial charge in [-0.1, -0.05) is 26.0 Å². The molecule has 0 bridgehead atoms. The molecule has 0 spiro atoms. The van der Waals surface area contributed by atoms with Crippen LogP contribution in [0.2, 0.25) is 0 Å². The molecule has 1 aromatic rings. The van der Waals surface area contributed by atoms with Crippen LogP contribution in [0.3, 0.4) is 0 Å². The van der Waals surface area contributed by atoms with Crippen LogP contribution >= 0.6 is 0 Å². The zero-order valence-electron chi connectivity index (χ0n) is 10.9. The van der Waals surface area contributed by atoms with E-state index in [1.165, 1.54) is 24.3 Å². The molecule has 0 heterocycles. The Balaban J connectivity index is 3.19. The number of benzene rings is 1. The van der Waals surface area contributed by atoms with Crippen molar-refractivity contribution in [2.45, 2.75) is 18.7 Å². The number of carbonyl (C=O) groups excluding carboxylic acids is 1. The number of hydrogen-bond acceptors (Lipinski definition) is 4. The van der Waals surface area contributed by atoms with Crippen LogP contribution in [-0.2, 0) is 14.8 Å². The van der Waals surface area contributed by atoms with Gasteiger partial charge in [-0.15, -0.1) is 0 Å². The van der Waals surface area contributed by atoms with Crippen molar-refractivity contribution >= 4 is 15.9 Å². The Labute approximate surface area is 112 Å². The minimum Gasteiger partial charge on any atom is -0.507 e. The van der Waals surface area contributed by atoms with Crippen molar-refractivity contribution in [1.82, 2.24) is 4.31 Å². The predicted octanol–water partition coefficient (Wildman–Crippen LogP) is 0.524. The second-order valence-electron chi connectivity index (χ2n) is 4.63. The third-order valence-corrected chi connectivity index (χ3v) is 4.24. The Kier molecular flexibility index (Phi) is 4.90. The normalized spacial score (nSPS) is 12.0. The summed E-state index contributed by atoms with van der Waals surface area (Å²) in [5, 5.41) is 9.64. The third-order valence-electron chi connectivity index (χ3n) is 2.38. The molecule has 1 rings (SSSR count). The highest BCUT2D eigenvalue weighted by Crippen LogP contribution is 2.25. The van der Waals surface area contributed by atoms with E-state index < -0.39 is 22.5 Å². The molecule has 106 valence electrons. The predicted molar refractivity (Wildman–Crippen MR) is 70.9 cm³/mol.